The Kier molecular flexibility index (Phi) is 19.7. The first-order chi connectivity index (χ1) is 44.6. The number of nitrogens with zero attached hydrogens (tertiary/aromatic N) is 4. The lowest BCUT2D eigenvalue weighted by Crippen LogP contribution is -2.32. The normalized spacial score (nSPS) is 14.2. The van der Waals surface area contributed by atoms with E-state index in [1.165, 1.54) is 61.5 Å². The first-order valence-electron chi connectivity index (χ1n) is 37.1. The van der Waals surface area contributed by atoms with Crippen LogP contribution in [0.25, 0.3) is 45.0 Å². The minimum Gasteiger partial charge on any atom is -0.201 e. The smallest absolute Gasteiger partial charge is 0.201 e. The standard InChI is InChI=1S/C22H32N.C21H30N.2C19H26N/c1-15(2)10-19-13-22(21-9-8-17(5)12-18(21)6)23(7)14-20(19)11-16(3)4;1-15(2)11-18-13-21(20-10-8-7-9-17(20)5)22(6)14-19(18)12-16(3)4;2*1-13(2)9-17-12-20(6)19(11-15(17)4)18-8-7-14(3)10-16(18)5/h8-9,12-16H,10-11H2,1-7H3;7-10,13-16H,11-12H2,1-6H3;2*7-8,10-13H,9H2,1-6H3/q4*+1/i5D3,10D2,11D2;;3D3,9D2;. The average molecular weight is 1160 g/mol. The molecule has 0 amide bonds. The monoisotopic (exact) mass is 1150 g/mol. The van der Waals surface area contributed by atoms with E-state index >= 15 is 0 Å². The molecule has 0 unspecified atom stereocenters. The van der Waals surface area contributed by atoms with Gasteiger partial charge in [0.05, 0.1) is 0 Å². The number of benzene rings is 4. The summed E-state index contributed by atoms with van der Waals surface area (Å²) in [5.74, 6) is 1.26. The van der Waals surface area contributed by atoms with Crippen LogP contribution in [0.5, 0.6) is 0 Å². The fraction of sp³-hybridized carbons (Fsp3) is 0.457. The number of hydrogen-bond donors (Lipinski definition) is 0. The lowest BCUT2D eigenvalue weighted by atomic mass is 9.92. The highest BCUT2D eigenvalue weighted by Crippen LogP contribution is 2.29. The highest BCUT2D eigenvalue weighted by atomic mass is 14.9. The molecule has 0 spiro atoms. The van der Waals surface area contributed by atoms with Crippen LogP contribution in [0.3, 0.4) is 0 Å². The molecule has 0 fully saturated rings. The van der Waals surface area contributed by atoms with Crippen LogP contribution in [0, 0.1) is 97.7 Å². The Balaban J connectivity index is 0.000000236. The van der Waals surface area contributed by atoms with Gasteiger partial charge in [-0.05, 0) is 205 Å². The molecule has 0 aliphatic rings. The second-order valence-corrected chi connectivity index (χ2v) is 26.1. The SMILES string of the molecule is Cc1ccc(-c2cc(C)c(CC(C)C)c[n+]2C)c(C)c1.Cc1ccccc1-c1cc(CC(C)C)c(CC(C)C)c[n+]1C.[2H]C([2H])([2H])c1ccc(-c2cc(C([2H])([2H])C(C)C)c(C([2H])([2H])C(C)C)c[n+]2C)c(C)c1.[2H]C([2H])([2H])c1ccc(-c2cc(C)c(C([2H])([2H])C(C)C)c[n+]2C)c(C)c1. The number of hydrogen-bond acceptors (Lipinski definition) is 0. The predicted octanol–water partition coefficient (Wildman–Crippen LogP) is 18.7. The molecule has 0 atom stereocenters. The Morgan fingerprint density at radius 1 is 0.306 bits per heavy atom. The Hall–Kier alpha value is -6.52. The van der Waals surface area contributed by atoms with Crippen molar-refractivity contribution in [3.05, 3.63) is 211 Å². The van der Waals surface area contributed by atoms with Crippen molar-refractivity contribution >= 4 is 0 Å². The summed E-state index contributed by atoms with van der Waals surface area (Å²) in [5.41, 5.74) is 23.1. The van der Waals surface area contributed by atoms with Crippen LogP contribution in [0.1, 0.15) is 183 Å². The van der Waals surface area contributed by atoms with Crippen LogP contribution in [-0.4, -0.2) is 0 Å². The molecule has 0 N–H and O–H groups in total. The van der Waals surface area contributed by atoms with Gasteiger partial charge in [0.25, 0.3) is 0 Å². The zero-order valence-electron chi connectivity index (χ0n) is 68.5. The largest absolute Gasteiger partial charge is 0.212 e. The van der Waals surface area contributed by atoms with Gasteiger partial charge in [-0.15, -0.1) is 0 Å². The third-order valence-electron chi connectivity index (χ3n) is 15.1. The molecular formula is C81H114N4+4. The summed E-state index contributed by atoms with van der Waals surface area (Å²) in [4.78, 5) is 0. The van der Waals surface area contributed by atoms with E-state index in [2.05, 4.69) is 159 Å². The van der Waals surface area contributed by atoms with Crippen molar-refractivity contribution < 1.29 is 34.7 Å². The van der Waals surface area contributed by atoms with Crippen molar-refractivity contribution in [1.82, 2.24) is 0 Å². The van der Waals surface area contributed by atoms with E-state index in [1.54, 1.807) is 81.9 Å². The second-order valence-electron chi connectivity index (χ2n) is 26.1. The summed E-state index contributed by atoms with van der Waals surface area (Å²) in [6, 6.07) is 34.0. The van der Waals surface area contributed by atoms with E-state index in [0.29, 0.717) is 45.7 Å². The first kappa shape index (κ1) is 52.8. The quantitative estimate of drug-likeness (QED) is 0.0857. The topological polar surface area (TPSA) is 15.5 Å². The van der Waals surface area contributed by atoms with E-state index in [9.17, 15) is 0 Å². The average Bonchev–Trinajstić information content (AvgIpc) is 0.758. The summed E-state index contributed by atoms with van der Waals surface area (Å²) >= 11 is 0. The van der Waals surface area contributed by atoms with Gasteiger partial charge >= 0.3 is 0 Å². The van der Waals surface area contributed by atoms with E-state index in [1.807, 2.05) is 64.6 Å². The Bertz CT molecular complexity index is 4020. The van der Waals surface area contributed by atoms with Gasteiger partial charge in [-0.1, -0.05) is 154 Å². The van der Waals surface area contributed by atoms with Crippen molar-refractivity contribution in [2.24, 2.45) is 63.7 Å². The van der Waals surface area contributed by atoms with Gasteiger partial charge in [-0.3, -0.25) is 0 Å². The summed E-state index contributed by atoms with van der Waals surface area (Å²) in [6.45, 7) is 34.8. The van der Waals surface area contributed by atoms with E-state index in [0.717, 1.165) is 52.8 Å². The fourth-order valence-corrected chi connectivity index (χ4v) is 11.1. The molecule has 0 aliphatic heterocycles. The van der Waals surface area contributed by atoms with Crippen molar-refractivity contribution in [3.8, 4) is 45.0 Å². The van der Waals surface area contributed by atoms with Gasteiger partial charge in [0.15, 0.2) is 24.8 Å². The van der Waals surface area contributed by atoms with Crippen molar-refractivity contribution in [1.29, 1.82) is 0 Å². The third kappa shape index (κ3) is 20.3. The highest BCUT2D eigenvalue weighted by Gasteiger charge is 2.22. The molecule has 0 saturated carbocycles. The van der Waals surface area contributed by atoms with Crippen LogP contribution in [-0.2, 0) is 66.6 Å². The Labute approximate surface area is 536 Å². The zero-order valence-corrected chi connectivity index (χ0v) is 56.5. The zero-order chi connectivity index (χ0) is 73.5. The molecule has 8 aromatic rings. The molecule has 454 valence electrons. The maximum Gasteiger partial charge on any atom is 0.212 e. The molecular weight excluding hydrogens is 1030 g/mol. The minimum atomic E-state index is -2.19. The molecule has 4 heterocycles. The molecule has 4 heteroatoms. The van der Waals surface area contributed by atoms with Gasteiger partial charge in [0.2, 0.25) is 22.8 Å². The molecule has 85 heavy (non-hydrogen) atoms. The lowest BCUT2D eigenvalue weighted by Gasteiger charge is -2.15. The number of rotatable bonds is 16. The fourth-order valence-electron chi connectivity index (χ4n) is 11.1. The first-order valence-corrected chi connectivity index (χ1v) is 31.1. The summed E-state index contributed by atoms with van der Waals surface area (Å²) in [6.07, 6.45) is 6.80. The van der Waals surface area contributed by atoms with Crippen molar-refractivity contribution in [3.63, 3.8) is 0 Å². The van der Waals surface area contributed by atoms with Gasteiger partial charge in [-0.25, -0.2) is 18.3 Å². The van der Waals surface area contributed by atoms with Crippen LogP contribution < -0.4 is 18.3 Å². The van der Waals surface area contributed by atoms with Crippen LogP contribution in [0.4, 0.5) is 0 Å². The van der Waals surface area contributed by atoms with E-state index < -0.39 is 32.8 Å². The van der Waals surface area contributed by atoms with E-state index in [4.69, 9.17) is 16.4 Å². The number of aryl methyl sites for hydroxylation is 13. The molecule has 0 saturated heterocycles. The van der Waals surface area contributed by atoms with Crippen molar-refractivity contribution in [2.75, 3.05) is 0 Å². The molecule has 0 bridgehead atoms. The summed E-state index contributed by atoms with van der Waals surface area (Å²) < 4.78 is 105. The third-order valence-corrected chi connectivity index (χ3v) is 15.1. The Morgan fingerprint density at radius 2 is 0.635 bits per heavy atom. The minimum absolute atomic E-state index is 0.127. The van der Waals surface area contributed by atoms with Gasteiger partial charge < -0.3 is 0 Å². The molecule has 4 aromatic heterocycles. The molecule has 0 aliphatic carbocycles. The summed E-state index contributed by atoms with van der Waals surface area (Å²) in [5, 5.41) is 0. The number of pyridine rings is 4. The Morgan fingerprint density at radius 3 is 1.07 bits per heavy atom. The maximum absolute atomic E-state index is 8.70. The van der Waals surface area contributed by atoms with Crippen LogP contribution in [0.15, 0.2) is 128 Å². The van der Waals surface area contributed by atoms with Gasteiger partial charge in [0, 0.05) is 85.2 Å². The molecule has 8 rings (SSSR count). The van der Waals surface area contributed by atoms with Gasteiger partial charge in [0.1, 0.15) is 28.2 Å². The van der Waals surface area contributed by atoms with Crippen LogP contribution in [0.2, 0.25) is 0 Å². The van der Waals surface area contributed by atoms with Crippen LogP contribution >= 0.6 is 0 Å². The highest BCUT2D eigenvalue weighted by molar-refractivity contribution is 5.65. The molecule has 4 aromatic carbocycles. The lowest BCUT2D eigenvalue weighted by molar-refractivity contribution is -0.661. The van der Waals surface area contributed by atoms with Crippen molar-refractivity contribution in [2.45, 2.75) is 184 Å². The summed E-state index contributed by atoms with van der Waals surface area (Å²) in [7, 11) is 8.02. The molecule has 4 nitrogen and oxygen atoms in total. The van der Waals surface area contributed by atoms with Gasteiger partial charge in [-0.2, -0.15) is 0 Å². The number of aromatic nitrogens is 4. The molecule has 0 radical (unpaired) electrons. The maximum atomic E-state index is 8.70. The predicted molar refractivity (Wildman–Crippen MR) is 366 cm³/mol. The second kappa shape index (κ2) is 31.7. The van der Waals surface area contributed by atoms with E-state index in [-0.39, 0.29) is 23.3 Å².